The molecular formula is C21H16FeN2O4. The summed E-state index contributed by atoms with van der Waals surface area (Å²) in [5, 5.41) is 28.9. The number of hydrogen-bond acceptors (Lipinski definition) is 5. The van der Waals surface area contributed by atoms with Gasteiger partial charge in [-0.1, -0.05) is 24.3 Å². The SMILES string of the molecule is O=C(O)c1ccc(N=Cc2ccccc2O)c(N=Cc2ccccc2O)c1.[Fe]. The summed E-state index contributed by atoms with van der Waals surface area (Å²) >= 11 is 0. The van der Waals surface area contributed by atoms with Gasteiger partial charge in [-0.3, -0.25) is 9.98 Å². The number of para-hydroxylation sites is 2. The van der Waals surface area contributed by atoms with Gasteiger partial charge in [-0.2, -0.15) is 0 Å². The molecule has 0 aliphatic rings. The molecule has 0 bridgehead atoms. The van der Waals surface area contributed by atoms with Crippen molar-refractivity contribution < 1.29 is 37.2 Å². The molecule has 0 radical (unpaired) electrons. The topological polar surface area (TPSA) is 102 Å². The first-order valence-corrected chi connectivity index (χ1v) is 8.06. The smallest absolute Gasteiger partial charge is 0.335 e. The molecule has 142 valence electrons. The number of benzene rings is 3. The minimum atomic E-state index is -1.08. The number of aromatic hydroxyl groups is 2. The van der Waals surface area contributed by atoms with Crippen LogP contribution in [0.25, 0.3) is 0 Å². The van der Waals surface area contributed by atoms with Crippen LogP contribution < -0.4 is 0 Å². The molecule has 6 nitrogen and oxygen atoms in total. The van der Waals surface area contributed by atoms with E-state index in [1.807, 2.05) is 0 Å². The van der Waals surface area contributed by atoms with Gasteiger partial charge in [0.2, 0.25) is 0 Å². The van der Waals surface area contributed by atoms with Crippen LogP contribution in [-0.4, -0.2) is 33.7 Å². The fourth-order valence-electron chi connectivity index (χ4n) is 2.34. The first-order chi connectivity index (χ1) is 13.0. The summed E-state index contributed by atoms with van der Waals surface area (Å²) in [6.07, 6.45) is 2.92. The maximum Gasteiger partial charge on any atom is 0.335 e. The summed E-state index contributed by atoms with van der Waals surface area (Å²) in [7, 11) is 0. The Morgan fingerprint density at radius 2 is 1.25 bits per heavy atom. The largest absolute Gasteiger partial charge is 0.507 e. The van der Waals surface area contributed by atoms with Crippen LogP contribution in [0.3, 0.4) is 0 Å². The van der Waals surface area contributed by atoms with Crippen molar-refractivity contribution in [2.45, 2.75) is 0 Å². The van der Waals surface area contributed by atoms with Crippen molar-refractivity contribution in [2.24, 2.45) is 9.98 Å². The molecule has 0 aliphatic carbocycles. The van der Waals surface area contributed by atoms with Gasteiger partial charge in [0.05, 0.1) is 16.9 Å². The van der Waals surface area contributed by atoms with E-state index in [0.717, 1.165) is 0 Å². The first kappa shape index (κ1) is 20.9. The van der Waals surface area contributed by atoms with Crippen LogP contribution in [0.15, 0.2) is 76.7 Å². The Hall–Kier alpha value is -3.41. The fraction of sp³-hybridized carbons (Fsp3) is 0. The molecule has 3 aromatic carbocycles. The van der Waals surface area contributed by atoms with Crippen molar-refractivity contribution in [2.75, 3.05) is 0 Å². The zero-order chi connectivity index (χ0) is 19.2. The van der Waals surface area contributed by atoms with Crippen LogP contribution in [0.2, 0.25) is 0 Å². The molecule has 7 heteroatoms. The summed E-state index contributed by atoms with van der Waals surface area (Å²) in [6, 6.07) is 17.8. The van der Waals surface area contributed by atoms with Crippen LogP contribution in [0.4, 0.5) is 11.4 Å². The zero-order valence-corrected chi connectivity index (χ0v) is 15.6. The van der Waals surface area contributed by atoms with Crippen LogP contribution in [0.5, 0.6) is 11.5 Å². The maximum atomic E-state index is 11.3. The van der Waals surface area contributed by atoms with Crippen LogP contribution in [0, 0.1) is 0 Å². The quantitative estimate of drug-likeness (QED) is 0.427. The van der Waals surface area contributed by atoms with Gasteiger partial charge >= 0.3 is 5.97 Å². The molecule has 28 heavy (non-hydrogen) atoms. The normalized spacial score (nSPS) is 10.9. The van der Waals surface area contributed by atoms with E-state index in [9.17, 15) is 20.1 Å². The predicted octanol–water partition coefficient (Wildman–Crippen LogP) is 4.29. The molecule has 3 rings (SSSR count). The Labute approximate surface area is 172 Å². The van der Waals surface area contributed by atoms with Crippen molar-refractivity contribution >= 4 is 29.8 Å². The van der Waals surface area contributed by atoms with Crippen LogP contribution in [0.1, 0.15) is 21.5 Å². The van der Waals surface area contributed by atoms with Gasteiger partial charge in [-0.05, 0) is 42.5 Å². The maximum absolute atomic E-state index is 11.3. The van der Waals surface area contributed by atoms with Gasteiger partial charge in [-0.25, -0.2) is 4.79 Å². The molecule has 0 amide bonds. The van der Waals surface area contributed by atoms with Crippen molar-refractivity contribution in [3.05, 3.63) is 83.4 Å². The molecule has 3 aromatic rings. The Morgan fingerprint density at radius 3 is 1.75 bits per heavy atom. The molecule has 0 aromatic heterocycles. The number of aromatic carboxylic acids is 1. The third-order valence-corrected chi connectivity index (χ3v) is 3.78. The molecule has 0 atom stereocenters. The number of phenolic OH excluding ortho intramolecular Hbond substituents is 2. The zero-order valence-electron chi connectivity index (χ0n) is 14.5. The number of hydrogen-bond donors (Lipinski definition) is 3. The first-order valence-electron chi connectivity index (χ1n) is 8.06. The van der Waals surface area contributed by atoms with E-state index in [0.29, 0.717) is 22.5 Å². The molecular weight excluding hydrogens is 400 g/mol. The van der Waals surface area contributed by atoms with Crippen molar-refractivity contribution in [3.63, 3.8) is 0 Å². The Morgan fingerprint density at radius 1 is 0.750 bits per heavy atom. The van der Waals surface area contributed by atoms with Gasteiger partial charge in [0, 0.05) is 40.6 Å². The van der Waals surface area contributed by atoms with E-state index in [1.54, 1.807) is 42.5 Å². The second-order valence-electron chi connectivity index (χ2n) is 5.64. The third kappa shape index (κ3) is 5.07. The van der Waals surface area contributed by atoms with Gasteiger partial charge in [-0.15, -0.1) is 0 Å². The number of phenols is 2. The minimum Gasteiger partial charge on any atom is -0.507 e. The Balaban J connectivity index is 0.00000280. The van der Waals surface area contributed by atoms with Gasteiger partial charge in [0.15, 0.2) is 0 Å². The number of carboxylic acid groups (broad SMARTS) is 1. The molecule has 0 heterocycles. The van der Waals surface area contributed by atoms with Crippen molar-refractivity contribution in [1.29, 1.82) is 0 Å². The summed E-state index contributed by atoms with van der Waals surface area (Å²) in [4.78, 5) is 19.9. The van der Waals surface area contributed by atoms with E-state index in [4.69, 9.17) is 0 Å². The average Bonchev–Trinajstić information content (AvgIpc) is 2.67. The second kappa shape index (κ2) is 9.50. The summed E-state index contributed by atoms with van der Waals surface area (Å²) in [6.45, 7) is 0. The van der Waals surface area contributed by atoms with E-state index >= 15 is 0 Å². The number of nitrogens with zero attached hydrogens (tertiary/aromatic N) is 2. The summed E-state index contributed by atoms with van der Waals surface area (Å²) in [5.74, 6) is -0.928. The average molecular weight is 416 g/mol. The molecule has 0 spiro atoms. The second-order valence-corrected chi connectivity index (χ2v) is 5.64. The standard InChI is InChI=1S/C21H16N2O4.Fe/c24-19-7-3-1-5-15(19)12-22-17-10-9-14(21(26)27)11-18(17)23-13-16-6-2-4-8-20(16)25;/h1-13,24-25H,(H,26,27);. The monoisotopic (exact) mass is 416 g/mol. The van der Waals surface area contributed by atoms with Crippen molar-refractivity contribution in [1.82, 2.24) is 0 Å². The van der Waals surface area contributed by atoms with E-state index in [2.05, 4.69) is 9.98 Å². The number of aliphatic imine (C=N–C) groups is 2. The molecule has 0 unspecified atom stereocenters. The van der Waals surface area contributed by atoms with Gasteiger partial charge < -0.3 is 15.3 Å². The number of rotatable bonds is 5. The third-order valence-electron chi connectivity index (χ3n) is 3.78. The Bertz CT molecular complexity index is 1050. The minimum absolute atomic E-state index is 0. The van der Waals surface area contributed by atoms with Crippen LogP contribution >= 0.6 is 0 Å². The molecule has 0 aliphatic heterocycles. The Kier molecular flexibility index (Phi) is 7.09. The van der Waals surface area contributed by atoms with Gasteiger partial charge in [0.25, 0.3) is 0 Å². The number of carbonyl (C=O) groups is 1. The number of carboxylic acids is 1. The van der Waals surface area contributed by atoms with E-state index in [-0.39, 0.29) is 34.1 Å². The van der Waals surface area contributed by atoms with E-state index in [1.165, 1.54) is 36.7 Å². The molecule has 0 saturated carbocycles. The van der Waals surface area contributed by atoms with Crippen LogP contribution in [-0.2, 0) is 17.1 Å². The molecule has 0 fully saturated rings. The summed E-state index contributed by atoms with van der Waals surface area (Å²) in [5.41, 5.74) is 1.84. The molecule has 3 N–H and O–H groups in total. The predicted molar refractivity (Wildman–Crippen MR) is 104 cm³/mol. The van der Waals surface area contributed by atoms with Gasteiger partial charge in [0.1, 0.15) is 11.5 Å². The molecule has 0 saturated heterocycles. The fourth-order valence-corrected chi connectivity index (χ4v) is 2.34. The van der Waals surface area contributed by atoms with E-state index < -0.39 is 5.97 Å². The van der Waals surface area contributed by atoms with Crippen molar-refractivity contribution in [3.8, 4) is 11.5 Å². The summed E-state index contributed by atoms with van der Waals surface area (Å²) < 4.78 is 0.